The van der Waals surface area contributed by atoms with E-state index >= 15 is 0 Å². The molecule has 1 amide bonds. The van der Waals surface area contributed by atoms with Gasteiger partial charge < -0.3 is 9.29 Å². The van der Waals surface area contributed by atoms with Gasteiger partial charge >= 0.3 is 12.3 Å². The predicted octanol–water partition coefficient (Wildman–Crippen LogP) is 3.17. The van der Waals surface area contributed by atoms with Crippen molar-refractivity contribution in [3.8, 4) is 0 Å². The molecule has 2 aliphatic rings. The summed E-state index contributed by atoms with van der Waals surface area (Å²) in [7, 11) is -4.21. The zero-order valence-electron chi connectivity index (χ0n) is 14.2. The second kappa shape index (κ2) is 6.26. The Labute approximate surface area is 158 Å². The van der Waals surface area contributed by atoms with Gasteiger partial charge in [0.2, 0.25) is 0 Å². The SMILES string of the molecule is O=C1Nc2cnccc2C2(CCN([S+](=O)([O-])c3cccc(C(F)(F)F)c3)C2)O1. The van der Waals surface area contributed by atoms with Crippen LogP contribution in [0.2, 0.25) is 0 Å². The summed E-state index contributed by atoms with van der Waals surface area (Å²) >= 11 is 0. The third-order valence-electron chi connectivity index (χ3n) is 4.83. The number of anilines is 1. The highest BCUT2D eigenvalue weighted by atomic mass is 32.3. The lowest BCUT2D eigenvalue weighted by Gasteiger charge is -2.35. The monoisotopic (exact) mass is 413 g/mol. The number of amides is 1. The van der Waals surface area contributed by atoms with E-state index in [-0.39, 0.29) is 19.5 Å². The molecule has 1 saturated heterocycles. The fourth-order valence-corrected chi connectivity index (χ4v) is 5.03. The fourth-order valence-electron chi connectivity index (χ4n) is 3.50. The van der Waals surface area contributed by atoms with Gasteiger partial charge in [-0.25, -0.2) is 4.79 Å². The lowest BCUT2D eigenvalue weighted by Crippen LogP contribution is -2.44. The van der Waals surface area contributed by atoms with Crippen LogP contribution in [0, 0.1) is 0 Å². The number of sulfonamides is 1. The molecule has 3 heterocycles. The number of rotatable bonds is 2. The van der Waals surface area contributed by atoms with Gasteiger partial charge in [-0.1, -0.05) is 10.3 Å². The number of halogens is 3. The number of fused-ring (bicyclic) bond motifs is 2. The standard InChI is InChI=1S/C17H14F3N3O4S/c18-17(19,20)11-2-1-3-12(8-11)28(25,26)23-7-5-16(10-23)13-4-6-21-9-14(13)22-15(24)27-16/h1-4,6,8-9H,5,7,10H2,(H-,22,24,25,26). The van der Waals surface area contributed by atoms with Gasteiger partial charge in [-0.05, 0) is 18.2 Å². The number of aromatic nitrogens is 1. The minimum Gasteiger partial charge on any atom is -0.593 e. The maximum Gasteiger partial charge on any atom is 0.416 e. The summed E-state index contributed by atoms with van der Waals surface area (Å²) in [6.45, 7) is -0.205. The smallest absolute Gasteiger partial charge is 0.416 e. The maximum absolute atomic E-state index is 12.9. The Bertz CT molecular complexity index is 1000. The Hall–Kier alpha value is -2.50. The van der Waals surface area contributed by atoms with Crippen molar-refractivity contribution in [2.45, 2.75) is 23.1 Å². The van der Waals surface area contributed by atoms with Crippen molar-refractivity contribution in [3.05, 3.63) is 53.9 Å². The van der Waals surface area contributed by atoms with Gasteiger partial charge in [-0.3, -0.25) is 10.3 Å². The Morgan fingerprint density at radius 2 is 2.11 bits per heavy atom. The second-order valence-electron chi connectivity index (χ2n) is 6.54. The van der Waals surface area contributed by atoms with Crippen LogP contribution in [-0.4, -0.2) is 33.0 Å². The lowest BCUT2D eigenvalue weighted by molar-refractivity contribution is -0.137. The lowest BCUT2D eigenvalue weighted by atomic mass is 9.91. The quantitative estimate of drug-likeness (QED) is 0.764. The minimum atomic E-state index is -4.66. The van der Waals surface area contributed by atoms with E-state index in [0.29, 0.717) is 17.3 Å². The first kappa shape index (κ1) is 18.8. The molecule has 1 spiro atoms. The van der Waals surface area contributed by atoms with Gasteiger partial charge in [0.05, 0.1) is 24.0 Å². The Balaban J connectivity index is 1.68. The molecule has 1 aromatic heterocycles. The number of nitrogens with zero attached hydrogens (tertiary/aromatic N) is 2. The van der Waals surface area contributed by atoms with Crippen LogP contribution in [0.15, 0.2) is 47.6 Å². The van der Waals surface area contributed by atoms with Gasteiger partial charge in [-0.2, -0.15) is 13.2 Å². The van der Waals surface area contributed by atoms with E-state index in [0.717, 1.165) is 22.5 Å². The first-order valence-electron chi connectivity index (χ1n) is 8.24. The van der Waals surface area contributed by atoms with Gasteiger partial charge in [0.25, 0.3) is 0 Å². The average Bonchev–Trinajstić information content (AvgIpc) is 3.06. The number of carbonyl (C=O) groups excluding carboxylic acids is 1. The molecular weight excluding hydrogens is 399 g/mol. The normalized spacial score (nSPS) is 24.4. The van der Waals surface area contributed by atoms with Crippen molar-refractivity contribution in [1.29, 1.82) is 0 Å². The summed E-state index contributed by atoms with van der Waals surface area (Å²) < 4.78 is 71.2. The Morgan fingerprint density at radius 1 is 1.32 bits per heavy atom. The molecule has 7 nitrogen and oxygen atoms in total. The van der Waals surface area contributed by atoms with Gasteiger partial charge in [-0.15, -0.1) is 4.31 Å². The van der Waals surface area contributed by atoms with Crippen LogP contribution in [0.25, 0.3) is 0 Å². The molecule has 4 rings (SSSR count). The summed E-state index contributed by atoms with van der Waals surface area (Å²) in [5.74, 6) is 0. The molecule has 0 radical (unpaired) electrons. The van der Waals surface area contributed by atoms with Crippen LogP contribution in [0.5, 0.6) is 0 Å². The van der Waals surface area contributed by atoms with Crippen LogP contribution in [-0.2, 0) is 31.1 Å². The van der Waals surface area contributed by atoms with Crippen molar-refractivity contribution >= 4 is 22.2 Å². The minimum absolute atomic E-state index is 0.00633. The summed E-state index contributed by atoms with van der Waals surface area (Å²) in [5.41, 5.74) is -1.27. The van der Waals surface area contributed by atoms with Gasteiger partial charge in [0, 0.05) is 30.8 Å². The van der Waals surface area contributed by atoms with Crippen LogP contribution >= 0.6 is 0 Å². The highest BCUT2D eigenvalue weighted by molar-refractivity contribution is 7.95. The molecule has 0 aliphatic carbocycles. The molecule has 148 valence electrons. The number of nitrogens with one attached hydrogen (secondary N) is 1. The van der Waals surface area contributed by atoms with E-state index in [9.17, 15) is 26.7 Å². The Morgan fingerprint density at radius 3 is 2.86 bits per heavy atom. The summed E-state index contributed by atoms with van der Waals surface area (Å²) in [6.07, 6.45) is -2.30. The summed E-state index contributed by atoms with van der Waals surface area (Å²) in [5, 5.41) is 2.50. The molecule has 11 heteroatoms. The summed E-state index contributed by atoms with van der Waals surface area (Å²) in [4.78, 5) is 15.4. The number of benzene rings is 1. The zero-order valence-corrected chi connectivity index (χ0v) is 15.0. The third kappa shape index (κ3) is 3.05. The van der Waals surface area contributed by atoms with Crippen molar-refractivity contribution in [3.63, 3.8) is 0 Å². The van der Waals surface area contributed by atoms with E-state index in [4.69, 9.17) is 4.74 Å². The predicted molar refractivity (Wildman–Crippen MR) is 90.7 cm³/mol. The highest BCUT2D eigenvalue weighted by Crippen LogP contribution is 2.44. The second-order valence-corrected chi connectivity index (χ2v) is 8.48. The number of carbonyl (C=O) groups is 1. The number of pyridine rings is 1. The first-order chi connectivity index (χ1) is 13.1. The Kier molecular flexibility index (Phi) is 4.21. The first-order valence-corrected chi connectivity index (χ1v) is 9.68. The van der Waals surface area contributed by atoms with E-state index in [1.165, 1.54) is 12.4 Å². The number of alkyl halides is 3. The van der Waals surface area contributed by atoms with Crippen LogP contribution in [0.1, 0.15) is 17.5 Å². The highest BCUT2D eigenvalue weighted by Gasteiger charge is 2.52. The number of hydrogen-bond donors (Lipinski definition) is 1. The van der Waals surface area contributed by atoms with Crippen LogP contribution < -0.4 is 5.32 Å². The summed E-state index contributed by atoms with van der Waals surface area (Å²) in [6, 6.07) is 5.19. The van der Waals surface area contributed by atoms with Crippen molar-refractivity contribution in [2.75, 3.05) is 18.4 Å². The molecule has 28 heavy (non-hydrogen) atoms. The molecular formula is C17H14F3N3O4S. The van der Waals surface area contributed by atoms with Gasteiger partial charge in [0.15, 0.2) is 20.9 Å². The van der Waals surface area contributed by atoms with Gasteiger partial charge in [0.1, 0.15) is 0 Å². The fraction of sp³-hybridized carbons (Fsp3) is 0.294. The van der Waals surface area contributed by atoms with E-state index in [1.807, 2.05) is 0 Å². The molecule has 2 aromatic rings. The third-order valence-corrected chi connectivity index (χ3v) is 6.67. The van der Waals surface area contributed by atoms with Crippen LogP contribution in [0.3, 0.4) is 0 Å². The molecule has 0 saturated carbocycles. The molecule has 1 fully saturated rings. The van der Waals surface area contributed by atoms with Crippen molar-refractivity contribution < 1.29 is 31.5 Å². The molecule has 2 unspecified atom stereocenters. The number of hydrogen-bond acceptors (Lipinski definition) is 5. The number of ether oxygens (including phenoxy) is 1. The van der Waals surface area contributed by atoms with E-state index < -0.39 is 38.7 Å². The largest absolute Gasteiger partial charge is 0.593 e. The van der Waals surface area contributed by atoms with Crippen molar-refractivity contribution in [1.82, 2.24) is 9.29 Å². The molecule has 0 bridgehead atoms. The maximum atomic E-state index is 12.9. The zero-order chi connectivity index (χ0) is 20.2. The molecule has 2 aliphatic heterocycles. The van der Waals surface area contributed by atoms with Crippen molar-refractivity contribution in [2.24, 2.45) is 0 Å². The van der Waals surface area contributed by atoms with E-state index in [2.05, 4.69) is 10.3 Å². The molecule has 1 N–H and O–H groups in total. The topological polar surface area (TPSA) is 94.6 Å². The molecule has 2 atom stereocenters. The average molecular weight is 413 g/mol. The molecule has 1 aromatic carbocycles. The van der Waals surface area contributed by atoms with Crippen LogP contribution in [0.4, 0.5) is 23.7 Å². The van der Waals surface area contributed by atoms with E-state index in [1.54, 1.807) is 6.07 Å².